The third kappa shape index (κ3) is 1.00. The van der Waals surface area contributed by atoms with E-state index in [1.807, 2.05) is 12.2 Å². The van der Waals surface area contributed by atoms with E-state index < -0.39 is 0 Å². The van der Waals surface area contributed by atoms with Gasteiger partial charge in [0.05, 0.1) is 0 Å². The Morgan fingerprint density at radius 3 is 3.18 bits per heavy atom. The highest BCUT2D eigenvalue weighted by Crippen LogP contribution is 2.17. The van der Waals surface area contributed by atoms with Crippen LogP contribution in [0.25, 0.3) is 0 Å². The van der Waals surface area contributed by atoms with Crippen LogP contribution in [0, 0.1) is 0 Å². The number of fused-ring (bicyclic) bond motifs is 1. The Labute approximate surface area is 65.3 Å². The Kier molecular flexibility index (Phi) is 1.39. The predicted molar refractivity (Wildman–Crippen MR) is 42.9 cm³/mol. The molecule has 0 saturated heterocycles. The van der Waals surface area contributed by atoms with Crippen molar-refractivity contribution >= 4 is 5.78 Å². The van der Waals surface area contributed by atoms with Gasteiger partial charge >= 0.3 is 0 Å². The van der Waals surface area contributed by atoms with Crippen LogP contribution in [0.4, 0.5) is 0 Å². The van der Waals surface area contributed by atoms with Gasteiger partial charge in [0.2, 0.25) is 0 Å². The Balaban J connectivity index is 2.43. The standard InChI is InChI=1S/C9H9NO/c11-9-5-1-4-8-7(9)3-2-6-10-8/h1,3-5,10H,2,6H2. The molecule has 0 radical (unpaired) electrons. The van der Waals surface area contributed by atoms with E-state index >= 15 is 0 Å². The fourth-order valence-electron chi connectivity index (χ4n) is 1.33. The molecule has 1 heterocycles. The molecule has 1 aliphatic heterocycles. The van der Waals surface area contributed by atoms with Crippen LogP contribution in [-0.2, 0) is 4.79 Å². The van der Waals surface area contributed by atoms with Crippen molar-refractivity contribution in [3.05, 3.63) is 35.6 Å². The normalized spacial score (nSPS) is 21.6. The SMILES string of the molecule is O=C1C=CC=C2NCCC=C12. The predicted octanol–water partition coefficient (Wildman–Crippen LogP) is 0.929. The van der Waals surface area contributed by atoms with E-state index in [4.69, 9.17) is 0 Å². The first-order valence-corrected chi connectivity index (χ1v) is 3.75. The fraction of sp³-hybridized carbons (Fsp3) is 0.222. The van der Waals surface area contributed by atoms with Gasteiger partial charge < -0.3 is 5.32 Å². The quantitative estimate of drug-likeness (QED) is 0.552. The molecule has 0 aromatic rings. The molecular formula is C9H9NO. The molecule has 0 amide bonds. The monoisotopic (exact) mass is 147 g/mol. The highest BCUT2D eigenvalue weighted by Gasteiger charge is 2.16. The molecule has 2 nitrogen and oxygen atoms in total. The van der Waals surface area contributed by atoms with Gasteiger partial charge in [-0.2, -0.15) is 0 Å². The summed E-state index contributed by atoms with van der Waals surface area (Å²) in [6.45, 7) is 0.941. The number of hydrogen-bond acceptors (Lipinski definition) is 2. The summed E-state index contributed by atoms with van der Waals surface area (Å²) in [6, 6.07) is 0. The molecule has 2 rings (SSSR count). The lowest BCUT2D eigenvalue weighted by Gasteiger charge is -2.18. The van der Waals surface area contributed by atoms with Crippen molar-refractivity contribution in [2.24, 2.45) is 0 Å². The lowest BCUT2D eigenvalue weighted by atomic mass is 9.99. The first-order chi connectivity index (χ1) is 5.38. The second-order valence-corrected chi connectivity index (χ2v) is 2.64. The maximum absolute atomic E-state index is 11.2. The Morgan fingerprint density at radius 2 is 2.36 bits per heavy atom. The minimum atomic E-state index is 0.120. The van der Waals surface area contributed by atoms with Crippen molar-refractivity contribution in [3.8, 4) is 0 Å². The second-order valence-electron chi connectivity index (χ2n) is 2.64. The maximum atomic E-state index is 11.2. The van der Waals surface area contributed by atoms with Crippen LogP contribution in [-0.4, -0.2) is 12.3 Å². The van der Waals surface area contributed by atoms with Crippen LogP contribution in [0.2, 0.25) is 0 Å². The van der Waals surface area contributed by atoms with Gasteiger partial charge in [0, 0.05) is 17.8 Å². The highest BCUT2D eigenvalue weighted by molar-refractivity contribution is 6.08. The van der Waals surface area contributed by atoms with Crippen LogP contribution in [0.5, 0.6) is 0 Å². The number of carbonyl (C=O) groups excluding carboxylic acids is 1. The molecule has 1 aliphatic carbocycles. The summed E-state index contributed by atoms with van der Waals surface area (Å²) in [6.07, 6.45) is 8.27. The van der Waals surface area contributed by atoms with Crippen LogP contribution in [0.3, 0.4) is 0 Å². The van der Waals surface area contributed by atoms with Crippen LogP contribution >= 0.6 is 0 Å². The van der Waals surface area contributed by atoms with E-state index in [9.17, 15) is 4.79 Å². The number of nitrogens with one attached hydrogen (secondary N) is 1. The second kappa shape index (κ2) is 2.38. The van der Waals surface area contributed by atoms with Gasteiger partial charge in [0.15, 0.2) is 5.78 Å². The van der Waals surface area contributed by atoms with E-state index in [0.29, 0.717) is 0 Å². The number of rotatable bonds is 0. The molecular weight excluding hydrogens is 138 g/mol. The van der Waals surface area contributed by atoms with Crippen LogP contribution < -0.4 is 5.32 Å². The molecule has 2 heteroatoms. The van der Waals surface area contributed by atoms with Gasteiger partial charge in [-0.15, -0.1) is 0 Å². The van der Waals surface area contributed by atoms with Crippen molar-refractivity contribution in [1.29, 1.82) is 0 Å². The topological polar surface area (TPSA) is 29.1 Å². The first-order valence-electron chi connectivity index (χ1n) is 3.75. The summed E-state index contributed by atoms with van der Waals surface area (Å²) in [5.74, 6) is 0.120. The lowest BCUT2D eigenvalue weighted by molar-refractivity contribution is -0.111. The van der Waals surface area contributed by atoms with Crippen molar-refractivity contribution in [3.63, 3.8) is 0 Å². The maximum Gasteiger partial charge on any atom is 0.187 e. The molecule has 0 aromatic carbocycles. The molecule has 2 aliphatic rings. The average molecular weight is 147 g/mol. The smallest absolute Gasteiger partial charge is 0.187 e. The number of hydrogen-bond donors (Lipinski definition) is 1. The summed E-state index contributed by atoms with van der Waals surface area (Å²) in [7, 11) is 0. The van der Waals surface area contributed by atoms with Crippen molar-refractivity contribution in [1.82, 2.24) is 5.32 Å². The van der Waals surface area contributed by atoms with E-state index in [1.54, 1.807) is 12.2 Å². The van der Waals surface area contributed by atoms with E-state index in [2.05, 4.69) is 5.32 Å². The highest BCUT2D eigenvalue weighted by atomic mass is 16.1. The van der Waals surface area contributed by atoms with Gasteiger partial charge in [-0.1, -0.05) is 12.2 Å². The third-order valence-electron chi connectivity index (χ3n) is 1.87. The molecule has 0 unspecified atom stereocenters. The Bertz CT molecular complexity index is 284. The minimum Gasteiger partial charge on any atom is -0.384 e. The van der Waals surface area contributed by atoms with Gasteiger partial charge in [-0.3, -0.25) is 4.79 Å². The van der Waals surface area contributed by atoms with Gasteiger partial charge in [-0.25, -0.2) is 0 Å². The van der Waals surface area contributed by atoms with Gasteiger partial charge in [0.25, 0.3) is 0 Å². The van der Waals surface area contributed by atoms with Crippen LogP contribution in [0.1, 0.15) is 6.42 Å². The Hall–Kier alpha value is -1.31. The van der Waals surface area contributed by atoms with E-state index in [-0.39, 0.29) is 5.78 Å². The molecule has 0 aromatic heterocycles. The number of allylic oxidation sites excluding steroid dienone is 4. The number of ketones is 1. The molecule has 0 bridgehead atoms. The van der Waals surface area contributed by atoms with Crippen molar-refractivity contribution in [2.75, 3.05) is 6.54 Å². The third-order valence-corrected chi connectivity index (χ3v) is 1.87. The lowest BCUT2D eigenvalue weighted by Crippen LogP contribution is -2.24. The van der Waals surface area contributed by atoms with E-state index in [1.165, 1.54) is 0 Å². The van der Waals surface area contributed by atoms with Crippen molar-refractivity contribution in [2.45, 2.75) is 6.42 Å². The van der Waals surface area contributed by atoms with E-state index in [0.717, 1.165) is 24.2 Å². The van der Waals surface area contributed by atoms with Crippen LogP contribution in [0.15, 0.2) is 35.6 Å². The summed E-state index contributed by atoms with van der Waals surface area (Å²) in [4.78, 5) is 11.2. The van der Waals surface area contributed by atoms with Gasteiger partial charge in [-0.05, 0) is 18.6 Å². The largest absolute Gasteiger partial charge is 0.384 e. The summed E-state index contributed by atoms with van der Waals surface area (Å²) in [5.41, 5.74) is 1.81. The zero-order valence-electron chi connectivity index (χ0n) is 6.13. The molecule has 11 heavy (non-hydrogen) atoms. The zero-order valence-corrected chi connectivity index (χ0v) is 6.13. The minimum absolute atomic E-state index is 0.120. The summed E-state index contributed by atoms with van der Waals surface area (Å²) in [5, 5.41) is 3.17. The average Bonchev–Trinajstić information content (AvgIpc) is 2.06. The van der Waals surface area contributed by atoms with Crippen molar-refractivity contribution < 1.29 is 4.79 Å². The molecule has 56 valence electrons. The molecule has 0 atom stereocenters. The molecule has 0 spiro atoms. The zero-order chi connectivity index (χ0) is 7.68. The first kappa shape index (κ1) is 6.40. The van der Waals surface area contributed by atoms with Gasteiger partial charge in [0.1, 0.15) is 0 Å². The molecule has 0 fully saturated rings. The number of carbonyl (C=O) groups is 1. The fourth-order valence-corrected chi connectivity index (χ4v) is 1.33. The molecule has 1 N–H and O–H groups in total. The summed E-state index contributed by atoms with van der Waals surface area (Å²) < 4.78 is 0. The molecule has 0 saturated carbocycles. The summed E-state index contributed by atoms with van der Waals surface area (Å²) >= 11 is 0. The Morgan fingerprint density at radius 1 is 1.45 bits per heavy atom.